The Morgan fingerprint density at radius 1 is 0.774 bits per heavy atom. The van der Waals surface area contributed by atoms with E-state index in [0.29, 0.717) is 29.5 Å². The molecule has 0 fully saturated rings. The Morgan fingerprint density at radius 3 is 2.10 bits per heavy atom. The standard InChI is InChI=1S/C23H24N2O5S/c1-26-14-9-10-15(27-2)20-19(14)17(29-4)11-13(22(20)30-5)12-24-23-25-21-16(28-3)7-6-8-18(21)31-23/h6-11H,12H2,1-5H3,(H,24,25). The van der Waals surface area contributed by atoms with E-state index in [2.05, 4.69) is 10.3 Å². The van der Waals surface area contributed by atoms with Crippen molar-refractivity contribution in [2.45, 2.75) is 6.54 Å². The van der Waals surface area contributed by atoms with Crippen molar-refractivity contribution >= 4 is 37.5 Å². The molecule has 162 valence electrons. The smallest absolute Gasteiger partial charge is 0.184 e. The molecular weight excluding hydrogens is 416 g/mol. The van der Waals surface area contributed by atoms with Crippen LogP contribution in [0.25, 0.3) is 21.0 Å². The highest BCUT2D eigenvalue weighted by molar-refractivity contribution is 7.22. The third-order valence-corrected chi connectivity index (χ3v) is 6.07. The molecule has 1 N–H and O–H groups in total. The van der Waals surface area contributed by atoms with E-state index in [1.807, 2.05) is 36.4 Å². The lowest BCUT2D eigenvalue weighted by Gasteiger charge is -2.19. The first-order valence-corrected chi connectivity index (χ1v) is 10.4. The van der Waals surface area contributed by atoms with Crippen LogP contribution in [-0.2, 0) is 6.54 Å². The maximum Gasteiger partial charge on any atom is 0.184 e. The number of ether oxygens (including phenoxy) is 5. The summed E-state index contributed by atoms with van der Waals surface area (Å²) in [6.07, 6.45) is 0. The number of fused-ring (bicyclic) bond motifs is 2. The van der Waals surface area contributed by atoms with Gasteiger partial charge in [0, 0.05) is 12.1 Å². The number of hydrogen-bond acceptors (Lipinski definition) is 8. The Labute approximate surface area is 184 Å². The summed E-state index contributed by atoms with van der Waals surface area (Å²) in [5.74, 6) is 3.48. The van der Waals surface area contributed by atoms with Crippen LogP contribution in [0.5, 0.6) is 28.7 Å². The number of rotatable bonds is 8. The van der Waals surface area contributed by atoms with Crippen molar-refractivity contribution in [1.29, 1.82) is 0 Å². The molecule has 7 nitrogen and oxygen atoms in total. The molecule has 1 heterocycles. The Bertz CT molecular complexity index is 1240. The maximum atomic E-state index is 5.82. The lowest BCUT2D eigenvalue weighted by atomic mass is 10.0. The van der Waals surface area contributed by atoms with E-state index in [9.17, 15) is 0 Å². The number of anilines is 1. The van der Waals surface area contributed by atoms with Gasteiger partial charge in [0.25, 0.3) is 0 Å². The van der Waals surface area contributed by atoms with Crippen molar-refractivity contribution in [1.82, 2.24) is 4.98 Å². The molecule has 3 aromatic carbocycles. The van der Waals surface area contributed by atoms with Crippen molar-refractivity contribution in [3.8, 4) is 28.7 Å². The zero-order valence-electron chi connectivity index (χ0n) is 18.1. The van der Waals surface area contributed by atoms with Crippen LogP contribution in [0.4, 0.5) is 5.13 Å². The molecule has 8 heteroatoms. The van der Waals surface area contributed by atoms with Gasteiger partial charge in [-0.05, 0) is 30.3 Å². The van der Waals surface area contributed by atoms with Gasteiger partial charge in [0.2, 0.25) is 0 Å². The van der Waals surface area contributed by atoms with Gasteiger partial charge in [-0.3, -0.25) is 0 Å². The van der Waals surface area contributed by atoms with Crippen molar-refractivity contribution in [3.05, 3.63) is 42.0 Å². The molecule has 0 radical (unpaired) electrons. The molecule has 0 spiro atoms. The van der Waals surface area contributed by atoms with Crippen molar-refractivity contribution in [2.24, 2.45) is 0 Å². The largest absolute Gasteiger partial charge is 0.496 e. The minimum Gasteiger partial charge on any atom is -0.496 e. The van der Waals surface area contributed by atoms with E-state index < -0.39 is 0 Å². The van der Waals surface area contributed by atoms with Crippen molar-refractivity contribution < 1.29 is 23.7 Å². The van der Waals surface area contributed by atoms with Gasteiger partial charge in [-0.15, -0.1) is 0 Å². The highest BCUT2D eigenvalue weighted by atomic mass is 32.1. The zero-order valence-corrected chi connectivity index (χ0v) is 18.9. The van der Waals surface area contributed by atoms with E-state index in [-0.39, 0.29) is 0 Å². The highest BCUT2D eigenvalue weighted by Crippen LogP contribution is 2.46. The molecule has 0 saturated carbocycles. The summed E-state index contributed by atoms with van der Waals surface area (Å²) < 4.78 is 29.2. The monoisotopic (exact) mass is 440 g/mol. The Kier molecular flexibility index (Phi) is 5.90. The molecule has 0 amide bonds. The van der Waals surface area contributed by atoms with Crippen molar-refractivity contribution in [3.63, 3.8) is 0 Å². The molecule has 0 saturated heterocycles. The number of aromatic nitrogens is 1. The first-order valence-electron chi connectivity index (χ1n) is 9.61. The summed E-state index contributed by atoms with van der Waals surface area (Å²) in [5.41, 5.74) is 1.75. The van der Waals surface area contributed by atoms with Gasteiger partial charge in [0.1, 0.15) is 34.3 Å². The van der Waals surface area contributed by atoms with E-state index in [1.54, 1.807) is 46.9 Å². The Hall–Kier alpha value is -3.39. The van der Waals surface area contributed by atoms with Crippen LogP contribution in [0.2, 0.25) is 0 Å². The fourth-order valence-corrected chi connectivity index (χ4v) is 4.57. The van der Waals surface area contributed by atoms with Crippen LogP contribution in [0.1, 0.15) is 5.56 Å². The lowest BCUT2D eigenvalue weighted by molar-refractivity contribution is 0.390. The molecule has 0 aliphatic rings. The molecule has 0 unspecified atom stereocenters. The van der Waals surface area contributed by atoms with Gasteiger partial charge >= 0.3 is 0 Å². The lowest BCUT2D eigenvalue weighted by Crippen LogP contribution is -2.04. The predicted molar refractivity (Wildman–Crippen MR) is 124 cm³/mol. The first kappa shape index (κ1) is 20.9. The van der Waals surface area contributed by atoms with E-state index in [4.69, 9.17) is 23.7 Å². The molecular formula is C23H24N2O5S. The predicted octanol–water partition coefficient (Wildman–Crippen LogP) is 5.10. The minimum atomic E-state index is 0.484. The van der Waals surface area contributed by atoms with Crippen LogP contribution in [0, 0.1) is 0 Å². The number of nitrogens with zero attached hydrogens (tertiary/aromatic N) is 1. The molecule has 4 aromatic rings. The van der Waals surface area contributed by atoms with Gasteiger partial charge in [-0.2, -0.15) is 0 Å². The zero-order chi connectivity index (χ0) is 22.0. The SMILES string of the molecule is COc1cccc2sc(NCc3cc(OC)c4c(OC)ccc(OC)c4c3OC)nc12. The van der Waals surface area contributed by atoms with Gasteiger partial charge < -0.3 is 29.0 Å². The Balaban J connectivity index is 1.79. The molecule has 0 bridgehead atoms. The molecule has 0 aliphatic carbocycles. The quantitative estimate of drug-likeness (QED) is 0.408. The number of para-hydroxylation sites is 1. The number of hydrogen-bond donors (Lipinski definition) is 1. The van der Waals surface area contributed by atoms with Gasteiger partial charge in [-0.1, -0.05) is 17.4 Å². The van der Waals surface area contributed by atoms with Gasteiger partial charge in [0.15, 0.2) is 5.13 Å². The van der Waals surface area contributed by atoms with Crippen LogP contribution in [0.3, 0.4) is 0 Å². The number of nitrogens with one attached hydrogen (secondary N) is 1. The Morgan fingerprint density at radius 2 is 1.45 bits per heavy atom. The summed E-state index contributed by atoms with van der Waals surface area (Å²) in [7, 11) is 8.19. The second-order valence-corrected chi connectivity index (χ2v) is 7.70. The third kappa shape index (κ3) is 3.63. The van der Waals surface area contributed by atoms with Crippen LogP contribution in [-0.4, -0.2) is 40.5 Å². The molecule has 0 atom stereocenters. The molecule has 1 aromatic heterocycles. The molecule has 31 heavy (non-hydrogen) atoms. The van der Waals surface area contributed by atoms with Crippen molar-refractivity contribution in [2.75, 3.05) is 40.9 Å². The van der Waals surface area contributed by atoms with Crippen LogP contribution >= 0.6 is 11.3 Å². The van der Waals surface area contributed by atoms with Crippen LogP contribution in [0.15, 0.2) is 36.4 Å². The van der Waals surface area contributed by atoms with Gasteiger partial charge in [0.05, 0.1) is 51.0 Å². The van der Waals surface area contributed by atoms with Crippen LogP contribution < -0.4 is 29.0 Å². The summed E-state index contributed by atoms with van der Waals surface area (Å²) in [4.78, 5) is 4.69. The third-order valence-electron chi connectivity index (χ3n) is 5.10. The fourth-order valence-electron chi connectivity index (χ4n) is 3.69. The summed E-state index contributed by atoms with van der Waals surface area (Å²) in [6.45, 7) is 0.484. The van der Waals surface area contributed by atoms with E-state index >= 15 is 0 Å². The minimum absolute atomic E-state index is 0.484. The summed E-state index contributed by atoms with van der Waals surface area (Å²) in [6, 6.07) is 11.6. The first-order chi connectivity index (χ1) is 15.1. The molecule has 0 aliphatic heterocycles. The van der Waals surface area contributed by atoms with E-state index in [0.717, 1.165) is 37.4 Å². The average molecular weight is 441 g/mol. The number of methoxy groups -OCH3 is 5. The number of benzene rings is 3. The van der Waals surface area contributed by atoms with E-state index in [1.165, 1.54) is 0 Å². The topological polar surface area (TPSA) is 71.1 Å². The molecule has 4 rings (SSSR count). The summed E-state index contributed by atoms with van der Waals surface area (Å²) in [5, 5.41) is 5.79. The normalized spacial score (nSPS) is 10.9. The fraction of sp³-hybridized carbons (Fsp3) is 0.261. The summed E-state index contributed by atoms with van der Waals surface area (Å²) >= 11 is 1.57. The number of thiazole rings is 1. The maximum absolute atomic E-state index is 5.82. The second kappa shape index (κ2) is 8.77. The van der Waals surface area contributed by atoms with Gasteiger partial charge in [-0.25, -0.2) is 4.98 Å². The second-order valence-electron chi connectivity index (χ2n) is 6.67. The average Bonchev–Trinajstić information content (AvgIpc) is 3.24. The highest BCUT2D eigenvalue weighted by Gasteiger charge is 2.21.